The van der Waals surface area contributed by atoms with Crippen molar-refractivity contribution in [1.82, 2.24) is 10.6 Å². The Morgan fingerprint density at radius 3 is 1.53 bits per heavy atom. The van der Waals surface area contributed by atoms with Crippen molar-refractivity contribution < 1.29 is 9.59 Å². The van der Waals surface area contributed by atoms with Crippen LogP contribution in [0.5, 0.6) is 0 Å². The molecule has 2 aromatic rings. The van der Waals surface area contributed by atoms with Gasteiger partial charge in [0.2, 0.25) is 0 Å². The van der Waals surface area contributed by atoms with Crippen molar-refractivity contribution >= 4 is 23.4 Å². The van der Waals surface area contributed by atoms with E-state index < -0.39 is 0 Å². The van der Waals surface area contributed by atoms with Crippen LogP contribution in [0, 0.1) is 25.7 Å². The van der Waals surface area contributed by atoms with E-state index in [2.05, 4.69) is 21.3 Å². The fourth-order valence-electron chi connectivity index (χ4n) is 3.87. The average molecular weight is 409 g/mol. The Bertz CT molecular complexity index is 764. The van der Waals surface area contributed by atoms with Crippen LogP contribution in [-0.4, -0.2) is 25.2 Å². The molecule has 2 unspecified atom stereocenters. The summed E-state index contributed by atoms with van der Waals surface area (Å²) in [6.45, 7) is 5.35. The molecule has 0 saturated heterocycles. The molecule has 1 aliphatic carbocycles. The maximum Gasteiger partial charge on any atom is 0.319 e. The van der Waals surface area contributed by atoms with E-state index in [1.807, 2.05) is 62.4 Å². The SMILES string of the molecule is Cc1ccc(NC(=O)NCC2CCCC(CNC(=O)Nc3ccc(C)cc3)C2)cc1. The van der Waals surface area contributed by atoms with Gasteiger partial charge in [-0.3, -0.25) is 0 Å². The number of aryl methyl sites for hydroxylation is 2. The Kier molecular flexibility index (Phi) is 7.71. The van der Waals surface area contributed by atoms with E-state index in [4.69, 9.17) is 0 Å². The molecule has 4 amide bonds. The third-order valence-corrected chi connectivity index (χ3v) is 5.61. The molecule has 0 aliphatic heterocycles. The number of rotatable bonds is 6. The molecule has 0 radical (unpaired) electrons. The van der Waals surface area contributed by atoms with Gasteiger partial charge in [0, 0.05) is 24.5 Å². The summed E-state index contributed by atoms with van der Waals surface area (Å²) < 4.78 is 0. The van der Waals surface area contributed by atoms with E-state index in [1.54, 1.807) is 0 Å². The van der Waals surface area contributed by atoms with Gasteiger partial charge in [0.25, 0.3) is 0 Å². The summed E-state index contributed by atoms with van der Waals surface area (Å²) in [6, 6.07) is 15.2. The number of carbonyl (C=O) groups is 2. The number of amides is 4. The first kappa shape index (κ1) is 21.7. The molecule has 0 aromatic heterocycles. The van der Waals surface area contributed by atoms with Crippen molar-refractivity contribution in [3.05, 3.63) is 59.7 Å². The van der Waals surface area contributed by atoms with Crippen molar-refractivity contribution in [2.45, 2.75) is 39.5 Å². The first-order valence-corrected chi connectivity index (χ1v) is 10.7. The highest BCUT2D eigenvalue weighted by molar-refractivity contribution is 5.89. The van der Waals surface area contributed by atoms with E-state index in [1.165, 1.54) is 0 Å². The summed E-state index contributed by atoms with van der Waals surface area (Å²) in [6.07, 6.45) is 4.35. The van der Waals surface area contributed by atoms with Crippen molar-refractivity contribution in [2.75, 3.05) is 23.7 Å². The molecular weight excluding hydrogens is 376 g/mol. The maximum absolute atomic E-state index is 12.1. The zero-order valence-corrected chi connectivity index (χ0v) is 17.8. The van der Waals surface area contributed by atoms with Gasteiger partial charge in [0.1, 0.15) is 0 Å². The quantitative estimate of drug-likeness (QED) is 0.539. The molecular formula is C24H32N4O2. The second-order valence-electron chi connectivity index (χ2n) is 8.30. The number of anilines is 2. The molecule has 160 valence electrons. The van der Waals surface area contributed by atoms with Crippen LogP contribution in [0.25, 0.3) is 0 Å². The van der Waals surface area contributed by atoms with Gasteiger partial charge in [-0.25, -0.2) is 9.59 Å². The molecule has 0 bridgehead atoms. The molecule has 6 nitrogen and oxygen atoms in total. The lowest BCUT2D eigenvalue weighted by atomic mass is 9.81. The summed E-state index contributed by atoms with van der Waals surface area (Å²) in [4.78, 5) is 24.3. The van der Waals surface area contributed by atoms with Gasteiger partial charge in [-0.15, -0.1) is 0 Å². The topological polar surface area (TPSA) is 82.3 Å². The summed E-state index contributed by atoms with van der Waals surface area (Å²) >= 11 is 0. The Hall–Kier alpha value is -3.02. The third-order valence-electron chi connectivity index (χ3n) is 5.61. The second-order valence-corrected chi connectivity index (χ2v) is 8.30. The predicted octanol–water partition coefficient (Wildman–Crippen LogP) is 5.05. The zero-order chi connectivity index (χ0) is 21.3. The lowest BCUT2D eigenvalue weighted by Crippen LogP contribution is -2.38. The van der Waals surface area contributed by atoms with Gasteiger partial charge in [-0.2, -0.15) is 0 Å². The average Bonchev–Trinajstić information content (AvgIpc) is 2.74. The lowest BCUT2D eigenvalue weighted by Gasteiger charge is -2.29. The van der Waals surface area contributed by atoms with Crippen molar-refractivity contribution in [1.29, 1.82) is 0 Å². The molecule has 0 spiro atoms. The van der Waals surface area contributed by atoms with Crippen molar-refractivity contribution in [3.63, 3.8) is 0 Å². The fraction of sp³-hybridized carbons (Fsp3) is 0.417. The minimum absolute atomic E-state index is 0.170. The molecule has 6 heteroatoms. The van der Waals surface area contributed by atoms with E-state index in [0.29, 0.717) is 24.9 Å². The van der Waals surface area contributed by atoms with Crippen LogP contribution < -0.4 is 21.3 Å². The van der Waals surface area contributed by atoms with Crippen LogP contribution in [0.3, 0.4) is 0 Å². The summed E-state index contributed by atoms with van der Waals surface area (Å²) in [5, 5.41) is 11.7. The predicted molar refractivity (Wildman–Crippen MR) is 122 cm³/mol. The third kappa shape index (κ3) is 7.10. The van der Waals surface area contributed by atoms with Crippen molar-refractivity contribution in [3.8, 4) is 0 Å². The number of hydrogen-bond donors (Lipinski definition) is 4. The Morgan fingerprint density at radius 1 is 0.733 bits per heavy atom. The van der Waals surface area contributed by atoms with Gasteiger partial charge in [-0.05, 0) is 69.2 Å². The minimum Gasteiger partial charge on any atom is -0.338 e. The first-order chi connectivity index (χ1) is 14.5. The van der Waals surface area contributed by atoms with E-state index in [9.17, 15) is 9.59 Å². The largest absolute Gasteiger partial charge is 0.338 e. The number of carbonyl (C=O) groups excluding carboxylic acids is 2. The standard InChI is InChI=1S/C24H32N4O2/c1-17-6-10-21(11-7-17)27-23(29)25-15-19-4-3-5-20(14-19)16-26-24(30)28-22-12-8-18(2)9-13-22/h6-13,19-20H,3-5,14-16H2,1-2H3,(H2,25,27,29)(H2,26,28,30). The van der Waals surface area contributed by atoms with Crippen LogP contribution in [-0.2, 0) is 0 Å². The summed E-state index contributed by atoms with van der Waals surface area (Å²) in [5.74, 6) is 0.879. The van der Waals surface area contributed by atoms with Gasteiger partial charge in [-0.1, -0.05) is 41.8 Å². The summed E-state index contributed by atoms with van der Waals surface area (Å²) in [5.41, 5.74) is 3.91. The maximum atomic E-state index is 12.1. The zero-order valence-electron chi connectivity index (χ0n) is 17.8. The Balaban J connectivity index is 1.36. The molecule has 2 aromatic carbocycles. The second kappa shape index (κ2) is 10.7. The fourth-order valence-corrected chi connectivity index (χ4v) is 3.87. The molecule has 1 fully saturated rings. The number of nitrogens with one attached hydrogen (secondary N) is 4. The monoisotopic (exact) mass is 408 g/mol. The smallest absolute Gasteiger partial charge is 0.319 e. The highest BCUT2D eigenvalue weighted by Gasteiger charge is 2.22. The van der Waals surface area contributed by atoms with Gasteiger partial charge in [0.05, 0.1) is 0 Å². The van der Waals surface area contributed by atoms with E-state index in [0.717, 1.165) is 48.2 Å². The highest BCUT2D eigenvalue weighted by atomic mass is 16.2. The molecule has 30 heavy (non-hydrogen) atoms. The molecule has 0 heterocycles. The Labute approximate surface area is 178 Å². The number of hydrogen-bond acceptors (Lipinski definition) is 2. The van der Waals surface area contributed by atoms with Crippen LogP contribution in [0.1, 0.15) is 36.8 Å². The van der Waals surface area contributed by atoms with Gasteiger partial charge >= 0.3 is 12.1 Å². The highest BCUT2D eigenvalue weighted by Crippen LogP contribution is 2.28. The van der Waals surface area contributed by atoms with Crippen LogP contribution in [0.2, 0.25) is 0 Å². The number of benzene rings is 2. The molecule has 4 N–H and O–H groups in total. The van der Waals surface area contributed by atoms with Crippen LogP contribution in [0.15, 0.2) is 48.5 Å². The van der Waals surface area contributed by atoms with Crippen LogP contribution >= 0.6 is 0 Å². The van der Waals surface area contributed by atoms with Gasteiger partial charge in [0.15, 0.2) is 0 Å². The van der Waals surface area contributed by atoms with Gasteiger partial charge < -0.3 is 21.3 Å². The molecule has 3 rings (SSSR count). The first-order valence-electron chi connectivity index (χ1n) is 10.7. The number of urea groups is 2. The normalized spacial score (nSPS) is 18.3. The molecule has 1 saturated carbocycles. The van der Waals surface area contributed by atoms with E-state index >= 15 is 0 Å². The molecule has 2 atom stereocenters. The van der Waals surface area contributed by atoms with Crippen molar-refractivity contribution in [2.24, 2.45) is 11.8 Å². The summed E-state index contributed by atoms with van der Waals surface area (Å²) in [7, 11) is 0. The van der Waals surface area contributed by atoms with Crippen LogP contribution in [0.4, 0.5) is 21.0 Å². The molecule has 1 aliphatic rings. The minimum atomic E-state index is -0.170. The Morgan fingerprint density at radius 2 is 1.13 bits per heavy atom. The lowest BCUT2D eigenvalue weighted by molar-refractivity contribution is 0.230. The van der Waals surface area contributed by atoms with E-state index in [-0.39, 0.29) is 12.1 Å².